The lowest BCUT2D eigenvalue weighted by molar-refractivity contribution is -0.137. The maximum atomic E-state index is 12.0. The van der Waals surface area contributed by atoms with Gasteiger partial charge in [-0.05, 0) is 12.1 Å². The van der Waals surface area contributed by atoms with E-state index in [2.05, 4.69) is 27.0 Å². The highest BCUT2D eigenvalue weighted by molar-refractivity contribution is 5.86. The molecule has 0 saturated carbocycles. The van der Waals surface area contributed by atoms with Crippen LogP contribution in [0.4, 0.5) is 5.82 Å². The minimum absolute atomic E-state index is 0.223. The maximum Gasteiger partial charge on any atom is 0.239 e. The summed E-state index contributed by atoms with van der Waals surface area (Å²) in [4.78, 5) is 36.2. The van der Waals surface area contributed by atoms with E-state index >= 15 is 0 Å². The van der Waals surface area contributed by atoms with Gasteiger partial charge in [-0.3, -0.25) is 9.36 Å². The molecule has 2 saturated heterocycles. The normalized spacial score (nSPS) is 16.8. The predicted octanol–water partition coefficient (Wildman–Crippen LogP) is 2.51. The molecule has 6 rings (SSSR count). The first-order valence-corrected chi connectivity index (χ1v) is 12.9. The Labute approximate surface area is 209 Å². The van der Waals surface area contributed by atoms with Crippen LogP contribution in [0.25, 0.3) is 28.1 Å². The van der Waals surface area contributed by atoms with Gasteiger partial charge >= 0.3 is 0 Å². The average Bonchev–Trinajstić information content (AvgIpc) is 3.42. The molecule has 1 aromatic carbocycles. The van der Waals surface area contributed by atoms with Crippen LogP contribution in [0.2, 0.25) is 0 Å². The van der Waals surface area contributed by atoms with E-state index in [4.69, 9.17) is 24.7 Å². The molecule has 2 fully saturated rings. The summed E-state index contributed by atoms with van der Waals surface area (Å²) in [5.41, 5.74) is 3.57. The second-order valence-corrected chi connectivity index (χ2v) is 9.63. The molecule has 10 heteroatoms. The number of ether oxygens (including phenoxy) is 1. The Morgan fingerprint density at radius 3 is 2.56 bits per heavy atom. The van der Waals surface area contributed by atoms with Crippen molar-refractivity contribution in [2.75, 3.05) is 44.3 Å². The van der Waals surface area contributed by atoms with Crippen LogP contribution in [0.5, 0.6) is 0 Å². The summed E-state index contributed by atoms with van der Waals surface area (Å²) in [6.45, 7) is 8.47. The van der Waals surface area contributed by atoms with Crippen LogP contribution >= 0.6 is 0 Å². The number of likely N-dealkylation sites (tertiary alicyclic amines) is 1. The molecule has 0 radical (unpaired) electrons. The van der Waals surface area contributed by atoms with Gasteiger partial charge in [0, 0.05) is 58.4 Å². The van der Waals surface area contributed by atoms with Crippen molar-refractivity contribution in [3.63, 3.8) is 0 Å². The largest absolute Gasteiger partial charge is 0.378 e. The fourth-order valence-electron chi connectivity index (χ4n) is 5.28. The molecular formula is C26H32N8O2. The van der Waals surface area contributed by atoms with E-state index in [9.17, 15) is 4.79 Å². The summed E-state index contributed by atoms with van der Waals surface area (Å²) in [5, 5.41) is 0. The van der Waals surface area contributed by atoms with Gasteiger partial charge in [-0.25, -0.2) is 9.97 Å². The summed E-state index contributed by atoms with van der Waals surface area (Å²) < 4.78 is 9.79. The molecule has 3 aromatic heterocycles. The number of hydrogen-bond donors (Lipinski definition) is 0. The molecule has 10 nitrogen and oxygen atoms in total. The molecule has 4 aromatic rings. The van der Waals surface area contributed by atoms with E-state index in [0.29, 0.717) is 31.5 Å². The first-order valence-electron chi connectivity index (χ1n) is 12.9. The summed E-state index contributed by atoms with van der Waals surface area (Å²) in [6.07, 6.45) is 2.14. The molecule has 36 heavy (non-hydrogen) atoms. The third-order valence-corrected chi connectivity index (χ3v) is 7.32. The summed E-state index contributed by atoms with van der Waals surface area (Å²) >= 11 is 0. The molecule has 2 aliphatic heterocycles. The Hall–Kier alpha value is -3.53. The fourth-order valence-corrected chi connectivity index (χ4v) is 5.28. The predicted molar refractivity (Wildman–Crippen MR) is 137 cm³/mol. The number of carbonyl (C=O) groups is 1. The topological polar surface area (TPSA) is 94.2 Å². The quantitative estimate of drug-likeness (QED) is 0.412. The Bertz CT molecular complexity index is 1430. The zero-order valence-electron chi connectivity index (χ0n) is 21.1. The van der Waals surface area contributed by atoms with Crippen LogP contribution < -0.4 is 4.90 Å². The van der Waals surface area contributed by atoms with Crippen molar-refractivity contribution >= 4 is 33.9 Å². The van der Waals surface area contributed by atoms with Crippen LogP contribution in [-0.2, 0) is 29.4 Å². The van der Waals surface area contributed by atoms with Crippen molar-refractivity contribution in [3.05, 3.63) is 35.9 Å². The van der Waals surface area contributed by atoms with Crippen LogP contribution in [0.3, 0.4) is 0 Å². The maximum absolute atomic E-state index is 12.0. The molecule has 0 atom stereocenters. The molecule has 0 N–H and O–H groups in total. The van der Waals surface area contributed by atoms with Gasteiger partial charge in [0.15, 0.2) is 17.0 Å². The van der Waals surface area contributed by atoms with Crippen molar-refractivity contribution < 1.29 is 9.53 Å². The lowest BCUT2D eigenvalue weighted by atomic mass is 9.95. The third-order valence-electron chi connectivity index (χ3n) is 7.32. The zero-order valence-corrected chi connectivity index (χ0v) is 21.1. The van der Waals surface area contributed by atoms with Gasteiger partial charge < -0.3 is 19.1 Å². The number of carbonyl (C=O) groups excluding carboxylic acids is 1. The Balaban J connectivity index is 1.45. The van der Waals surface area contributed by atoms with Gasteiger partial charge in [-0.15, -0.1) is 0 Å². The molecule has 5 heterocycles. The van der Waals surface area contributed by atoms with E-state index in [1.807, 2.05) is 37.1 Å². The molecule has 0 bridgehead atoms. The minimum Gasteiger partial charge on any atom is -0.378 e. The van der Waals surface area contributed by atoms with Crippen molar-refractivity contribution in [2.24, 2.45) is 13.0 Å². The highest BCUT2D eigenvalue weighted by atomic mass is 16.5. The highest BCUT2D eigenvalue weighted by Crippen LogP contribution is 2.30. The number of anilines is 1. The standard InChI is InChI=1S/C26H32N8O2/c1-4-20-27-18-8-6-7-9-19(18)34(20)26-29-24-23(25(30-26)32-10-12-36-13-11-32)28-21(31(24)3)14-17-15-33(16-17)22(35)5-2/h6-9,17H,4-5,10-16H2,1-3H3. The summed E-state index contributed by atoms with van der Waals surface area (Å²) in [5.74, 6) is 4.01. The molecule has 0 spiro atoms. The number of aryl methyl sites for hydroxylation is 2. The number of para-hydroxylation sites is 2. The third kappa shape index (κ3) is 3.80. The molecule has 0 aliphatic carbocycles. The number of benzene rings is 1. The number of imidazole rings is 2. The second-order valence-electron chi connectivity index (χ2n) is 9.63. The van der Waals surface area contributed by atoms with Crippen molar-refractivity contribution in [1.29, 1.82) is 0 Å². The first kappa shape index (κ1) is 22.9. The van der Waals surface area contributed by atoms with E-state index in [0.717, 1.165) is 78.7 Å². The molecule has 0 unspecified atom stereocenters. The lowest BCUT2D eigenvalue weighted by Gasteiger charge is -2.39. The van der Waals surface area contributed by atoms with Crippen LogP contribution in [-0.4, -0.2) is 79.3 Å². The number of amides is 1. The molecule has 1 amide bonds. The number of nitrogens with zero attached hydrogens (tertiary/aromatic N) is 8. The Morgan fingerprint density at radius 1 is 1.03 bits per heavy atom. The highest BCUT2D eigenvalue weighted by Gasteiger charge is 2.32. The molecule has 188 valence electrons. The minimum atomic E-state index is 0.223. The lowest BCUT2D eigenvalue weighted by Crippen LogP contribution is -2.50. The fraction of sp³-hybridized carbons (Fsp3) is 0.500. The number of aromatic nitrogens is 6. The van der Waals surface area contributed by atoms with Gasteiger partial charge in [0.25, 0.3) is 0 Å². The molecule has 2 aliphatic rings. The summed E-state index contributed by atoms with van der Waals surface area (Å²) in [7, 11) is 2.03. The van der Waals surface area contributed by atoms with E-state index < -0.39 is 0 Å². The SMILES string of the molecule is CCC(=O)N1CC(Cc2nc3c(N4CCOCC4)nc(-n4c(CC)nc5ccccc54)nc3n2C)C1. The van der Waals surface area contributed by atoms with Crippen molar-refractivity contribution in [3.8, 4) is 5.95 Å². The van der Waals surface area contributed by atoms with Crippen LogP contribution in [0.1, 0.15) is 31.9 Å². The van der Waals surface area contributed by atoms with Crippen molar-refractivity contribution in [2.45, 2.75) is 33.1 Å². The Morgan fingerprint density at radius 2 is 1.81 bits per heavy atom. The summed E-state index contributed by atoms with van der Waals surface area (Å²) in [6, 6.07) is 8.12. The van der Waals surface area contributed by atoms with Gasteiger partial charge in [0.2, 0.25) is 11.9 Å². The van der Waals surface area contributed by atoms with Crippen LogP contribution in [0, 0.1) is 5.92 Å². The van der Waals surface area contributed by atoms with E-state index in [1.165, 1.54) is 0 Å². The average molecular weight is 489 g/mol. The van der Waals surface area contributed by atoms with Crippen LogP contribution in [0.15, 0.2) is 24.3 Å². The number of hydrogen-bond acceptors (Lipinski definition) is 7. The van der Waals surface area contributed by atoms with Gasteiger partial charge in [0.1, 0.15) is 11.6 Å². The number of rotatable bonds is 6. The van der Waals surface area contributed by atoms with Gasteiger partial charge in [-0.1, -0.05) is 26.0 Å². The van der Waals surface area contributed by atoms with E-state index in [-0.39, 0.29) is 5.91 Å². The first-order chi connectivity index (χ1) is 17.6. The second kappa shape index (κ2) is 9.16. The molecular weight excluding hydrogens is 456 g/mol. The smallest absolute Gasteiger partial charge is 0.239 e. The van der Waals surface area contributed by atoms with Gasteiger partial charge in [-0.2, -0.15) is 9.97 Å². The van der Waals surface area contributed by atoms with E-state index in [1.54, 1.807) is 0 Å². The van der Waals surface area contributed by atoms with Gasteiger partial charge in [0.05, 0.1) is 24.2 Å². The number of morpholine rings is 1. The van der Waals surface area contributed by atoms with Crippen molar-refractivity contribution in [1.82, 2.24) is 34.0 Å². The monoisotopic (exact) mass is 488 g/mol. The number of fused-ring (bicyclic) bond motifs is 2. The Kier molecular flexibility index (Phi) is 5.83. The zero-order chi connectivity index (χ0) is 24.8.